The molecule has 2 aromatic rings. The van der Waals surface area contributed by atoms with Gasteiger partial charge in [0.1, 0.15) is 10.5 Å². The maximum Gasteiger partial charge on any atom is 0.247 e. The molecule has 25 heavy (non-hydrogen) atoms. The summed E-state index contributed by atoms with van der Waals surface area (Å²) in [6, 6.07) is 1.55. The van der Waals surface area contributed by atoms with Gasteiger partial charge in [0.25, 0.3) is 0 Å². The molecule has 2 aromatic heterocycles. The number of hydrogen-bond donors (Lipinski definition) is 1. The van der Waals surface area contributed by atoms with Crippen LogP contribution in [-0.2, 0) is 20.0 Å². The Balaban J connectivity index is 2.23. The van der Waals surface area contributed by atoms with Crippen molar-refractivity contribution in [3.8, 4) is 0 Å². The molecule has 1 amide bonds. The van der Waals surface area contributed by atoms with E-state index in [1.54, 1.807) is 19.2 Å². The average Bonchev–Trinajstić information content (AvgIpc) is 3.16. The van der Waals surface area contributed by atoms with Crippen LogP contribution in [0.15, 0.2) is 21.2 Å². The highest BCUT2D eigenvalue weighted by molar-refractivity contribution is 7.93. The van der Waals surface area contributed by atoms with Gasteiger partial charge in [0.15, 0.2) is 15.7 Å². The molecule has 138 valence electrons. The van der Waals surface area contributed by atoms with Gasteiger partial charge in [-0.15, -0.1) is 0 Å². The van der Waals surface area contributed by atoms with Gasteiger partial charge < -0.3 is 8.94 Å². The molecule has 0 bridgehead atoms. The van der Waals surface area contributed by atoms with Crippen molar-refractivity contribution in [3.63, 3.8) is 0 Å². The predicted molar refractivity (Wildman–Crippen MR) is 92.0 cm³/mol. The third-order valence-corrected chi connectivity index (χ3v) is 6.83. The standard InChI is InChI=1S/C16H23N3O5S/c1-7-25(21,22)16(5,6)14(20)18-13-8-11(19-24-13)15(3,4)12-9-17-10(2)23-12/h8-9H,7H2,1-6H3,(H,18,20). The number of aromatic nitrogens is 2. The van der Waals surface area contributed by atoms with E-state index in [2.05, 4.69) is 15.5 Å². The molecule has 0 fully saturated rings. The minimum Gasteiger partial charge on any atom is -0.445 e. The van der Waals surface area contributed by atoms with E-state index in [1.165, 1.54) is 20.8 Å². The summed E-state index contributed by atoms with van der Waals surface area (Å²) in [5, 5.41) is 6.44. The first-order valence-electron chi connectivity index (χ1n) is 7.85. The number of anilines is 1. The quantitative estimate of drug-likeness (QED) is 0.831. The van der Waals surface area contributed by atoms with E-state index in [0.29, 0.717) is 17.3 Å². The van der Waals surface area contributed by atoms with Gasteiger partial charge >= 0.3 is 0 Å². The van der Waals surface area contributed by atoms with E-state index in [9.17, 15) is 13.2 Å². The Morgan fingerprint density at radius 1 is 1.28 bits per heavy atom. The molecule has 1 N–H and O–H groups in total. The van der Waals surface area contributed by atoms with Crippen LogP contribution in [0, 0.1) is 6.92 Å². The summed E-state index contributed by atoms with van der Waals surface area (Å²) in [5.74, 6) is 0.401. The first-order chi connectivity index (χ1) is 11.4. The molecular formula is C16H23N3O5S. The molecule has 0 saturated heterocycles. The fourth-order valence-corrected chi connectivity index (χ4v) is 3.22. The van der Waals surface area contributed by atoms with Crippen molar-refractivity contribution in [2.45, 2.75) is 51.7 Å². The molecule has 2 heterocycles. The lowest BCUT2D eigenvalue weighted by Gasteiger charge is -2.22. The minimum absolute atomic E-state index is 0.0729. The lowest BCUT2D eigenvalue weighted by Crippen LogP contribution is -2.45. The fraction of sp³-hybridized carbons (Fsp3) is 0.562. The van der Waals surface area contributed by atoms with Crippen molar-refractivity contribution in [2.24, 2.45) is 0 Å². The van der Waals surface area contributed by atoms with Crippen molar-refractivity contribution < 1.29 is 22.2 Å². The van der Waals surface area contributed by atoms with Gasteiger partial charge in [0.05, 0.1) is 17.3 Å². The van der Waals surface area contributed by atoms with Gasteiger partial charge in [-0.05, 0) is 27.7 Å². The molecular weight excluding hydrogens is 346 g/mol. The summed E-state index contributed by atoms with van der Waals surface area (Å²) in [6.07, 6.45) is 1.61. The van der Waals surface area contributed by atoms with Crippen molar-refractivity contribution in [1.29, 1.82) is 0 Å². The van der Waals surface area contributed by atoms with Crippen LogP contribution >= 0.6 is 0 Å². The molecule has 0 saturated carbocycles. The molecule has 8 nitrogen and oxygen atoms in total. The first-order valence-corrected chi connectivity index (χ1v) is 9.51. The average molecular weight is 369 g/mol. The van der Waals surface area contributed by atoms with Crippen LogP contribution in [0.5, 0.6) is 0 Å². The summed E-state index contributed by atoms with van der Waals surface area (Å²) >= 11 is 0. The Hall–Kier alpha value is -2.16. The van der Waals surface area contributed by atoms with Crippen molar-refractivity contribution in [1.82, 2.24) is 10.1 Å². The van der Waals surface area contributed by atoms with E-state index in [-0.39, 0.29) is 11.6 Å². The van der Waals surface area contributed by atoms with Crippen LogP contribution in [0.25, 0.3) is 0 Å². The SMILES string of the molecule is CCS(=O)(=O)C(C)(C)C(=O)Nc1cc(C(C)(C)c2cnc(C)o2)no1. The zero-order valence-electron chi connectivity index (χ0n) is 15.2. The molecule has 0 aliphatic rings. The number of hydrogen-bond acceptors (Lipinski definition) is 7. The summed E-state index contributed by atoms with van der Waals surface area (Å²) in [6.45, 7) is 9.71. The second-order valence-corrected chi connectivity index (χ2v) is 9.64. The minimum atomic E-state index is -3.58. The summed E-state index contributed by atoms with van der Waals surface area (Å²) in [4.78, 5) is 16.4. The number of oxazole rings is 1. The highest BCUT2D eigenvalue weighted by Gasteiger charge is 2.41. The highest BCUT2D eigenvalue weighted by Crippen LogP contribution is 2.32. The molecule has 0 aliphatic heterocycles. The van der Waals surface area contributed by atoms with Gasteiger partial charge in [-0.2, -0.15) is 0 Å². The van der Waals surface area contributed by atoms with Crippen LogP contribution in [0.3, 0.4) is 0 Å². The number of amides is 1. The van der Waals surface area contributed by atoms with Crippen molar-refractivity contribution in [3.05, 3.63) is 29.6 Å². The van der Waals surface area contributed by atoms with Crippen LogP contribution in [0.2, 0.25) is 0 Å². The largest absolute Gasteiger partial charge is 0.445 e. The maximum atomic E-state index is 12.4. The number of rotatable bonds is 6. The number of carbonyl (C=O) groups is 1. The van der Waals surface area contributed by atoms with E-state index in [4.69, 9.17) is 8.94 Å². The lowest BCUT2D eigenvalue weighted by atomic mass is 9.87. The Bertz CT molecular complexity index is 877. The normalized spacial score (nSPS) is 13.0. The molecule has 0 atom stereocenters. The monoisotopic (exact) mass is 369 g/mol. The summed E-state index contributed by atoms with van der Waals surface area (Å²) in [7, 11) is -3.58. The van der Waals surface area contributed by atoms with Gasteiger partial charge in [-0.3, -0.25) is 10.1 Å². The third-order valence-electron chi connectivity index (χ3n) is 4.33. The van der Waals surface area contributed by atoms with Crippen molar-refractivity contribution >= 4 is 21.6 Å². The number of aryl methyl sites for hydroxylation is 1. The Labute approximate surface area is 146 Å². The maximum absolute atomic E-state index is 12.4. The van der Waals surface area contributed by atoms with E-state index >= 15 is 0 Å². The van der Waals surface area contributed by atoms with E-state index in [0.717, 1.165) is 0 Å². The first kappa shape index (κ1) is 19.2. The van der Waals surface area contributed by atoms with E-state index < -0.39 is 25.9 Å². The number of sulfone groups is 1. The topological polar surface area (TPSA) is 115 Å². The predicted octanol–water partition coefficient (Wildman–Crippen LogP) is 2.45. The van der Waals surface area contributed by atoms with Gasteiger partial charge in [0, 0.05) is 18.7 Å². The molecule has 0 aliphatic carbocycles. The zero-order valence-corrected chi connectivity index (χ0v) is 16.0. The molecule has 0 aromatic carbocycles. The smallest absolute Gasteiger partial charge is 0.247 e. The summed E-state index contributed by atoms with van der Waals surface area (Å²) in [5.41, 5.74) is -0.103. The number of nitrogens with zero attached hydrogens (tertiary/aromatic N) is 2. The Morgan fingerprint density at radius 3 is 2.44 bits per heavy atom. The van der Waals surface area contributed by atoms with Crippen LogP contribution in [0.4, 0.5) is 5.88 Å². The van der Waals surface area contributed by atoms with Gasteiger partial charge in [0.2, 0.25) is 11.8 Å². The zero-order chi connectivity index (χ0) is 19.0. The van der Waals surface area contributed by atoms with Crippen LogP contribution in [-0.4, -0.2) is 35.0 Å². The number of nitrogens with one attached hydrogen (secondary N) is 1. The van der Waals surface area contributed by atoms with Gasteiger partial charge in [-0.25, -0.2) is 13.4 Å². The molecule has 2 rings (SSSR count). The summed E-state index contributed by atoms with van der Waals surface area (Å²) < 4.78 is 33.3. The number of carbonyl (C=O) groups excluding carboxylic acids is 1. The van der Waals surface area contributed by atoms with Crippen LogP contribution < -0.4 is 5.32 Å². The highest BCUT2D eigenvalue weighted by atomic mass is 32.2. The molecule has 9 heteroatoms. The molecule has 0 spiro atoms. The Morgan fingerprint density at radius 2 is 1.92 bits per heavy atom. The Kier molecular flexibility index (Phi) is 4.82. The van der Waals surface area contributed by atoms with Crippen molar-refractivity contribution in [2.75, 3.05) is 11.1 Å². The fourth-order valence-electron chi connectivity index (χ4n) is 2.17. The third kappa shape index (κ3) is 3.46. The second kappa shape index (κ2) is 6.29. The van der Waals surface area contributed by atoms with Gasteiger partial charge in [-0.1, -0.05) is 12.1 Å². The molecule has 0 unspecified atom stereocenters. The van der Waals surface area contributed by atoms with E-state index in [1.807, 2.05) is 13.8 Å². The molecule has 0 radical (unpaired) electrons. The lowest BCUT2D eigenvalue weighted by molar-refractivity contribution is -0.118. The second-order valence-electron chi connectivity index (χ2n) is 6.81. The van der Waals surface area contributed by atoms with Crippen LogP contribution in [0.1, 0.15) is 52.0 Å².